The Morgan fingerprint density at radius 1 is 1.56 bits per heavy atom. The Morgan fingerprint density at radius 2 is 2.44 bits per heavy atom. The van der Waals surface area contributed by atoms with Gasteiger partial charge in [0.25, 0.3) is 0 Å². The highest BCUT2D eigenvalue weighted by Crippen LogP contribution is 2.22. The third-order valence-corrected chi connectivity index (χ3v) is 3.24. The van der Waals surface area contributed by atoms with Gasteiger partial charge < -0.3 is 0 Å². The first-order valence-corrected chi connectivity index (χ1v) is 6.06. The highest BCUT2D eigenvalue weighted by molar-refractivity contribution is 7.07. The Labute approximate surface area is 102 Å². The van der Waals surface area contributed by atoms with Gasteiger partial charge in [-0.05, 0) is 18.1 Å². The van der Waals surface area contributed by atoms with E-state index >= 15 is 0 Å². The molecule has 2 aromatic rings. The molecule has 0 aliphatic heterocycles. The summed E-state index contributed by atoms with van der Waals surface area (Å²) >= 11 is 7.58. The molecule has 0 amide bonds. The first-order valence-electron chi connectivity index (χ1n) is 4.74. The van der Waals surface area contributed by atoms with Crippen LogP contribution in [0.3, 0.4) is 0 Å². The zero-order valence-electron chi connectivity index (χ0n) is 8.43. The van der Waals surface area contributed by atoms with Gasteiger partial charge in [0, 0.05) is 17.8 Å². The van der Waals surface area contributed by atoms with Gasteiger partial charge in [-0.15, -0.1) is 11.3 Å². The molecule has 3 N–H and O–H groups in total. The van der Waals surface area contributed by atoms with Crippen molar-refractivity contribution in [3.05, 3.63) is 45.6 Å². The van der Waals surface area contributed by atoms with Crippen molar-refractivity contribution in [3.8, 4) is 0 Å². The van der Waals surface area contributed by atoms with Crippen molar-refractivity contribution >= 4 is 22.9 Å². The van der Waals surface area contributed by atoms with E-state index in [1.807, 2.05) is 11.4 Å². The Morgan fingerprint density at radius 3 is 3.06 bits per heavy atom. The van der Waals surface area contributed by atoms with Gasteiger partial charge in [0.2, 0.25) is 0 Å². The Bertz CT molecular complexity index is 446. The minimum Gasteiger partial charge on any atom is -0.271 e. The van der Waals surface area contributed by atoms with E-state index in [2.05, 4.69) is 15.4 Å². The van der Waals surface area contributed by atoms with E-state index in [-0.39, 0.29) is 6.04 Å². The molecule has 0 radical (unpaired) electrons. The van der Waals surface area contributed by atoms with Crippen molar-refractivity contribution < 1.29 is 0 Å². The van der Waals surface area contributed by atoms with Gasteiger partial charge in [-0.2, -0.15) is 0 Å². The molecule has 16 heavy (non-hydrogen) atoms. The highest BCUT2D eigenvalue weighted by Gasteiger charge is 2.13. The molecule has 2 rings (SSSR count). The Hall–Kier alpha value is -1.01. The van der Waals surface area contributed by atoms with Crippen LogP contribution in [0.25, 0.3) is 0 Å². The maximum absolute atomic E-state index is 6.04. The molecule has 2 aromatic heterocycles. The van der Waals surface area contributed by atoms with E-state index in [0.29, 0.717) is 11.4 Å². The van der Waals surface area contributed by atoms with Crippen molar-refractivity contribution in [2.24, 2.45) is 5.84 Å². The number of nitrogens with one attached hydrogen (secondary N) is 1. The number of halogens is 1. The number of rotatable bonds is 4. The normalized spacial score (nSPS) is 12.6. The average molecular weight is 255 g/mol. The fourth-order valence-electron chi connectivity index (χ4n) is 1.43. The molecule has 0 spiro atoms. The third-order valence-electron chi connectivity index (χ3n) is 2.29. The van der Waals surface area contributed by atoms with Crippen molar-refractivity contribution in [2.45, 2.75) is 12.5 Å². The van der Waals surface area contributed by atoms with Crippen LogP contribution in [-0.4, -0.2) is 9.97 Å². The van der Waals surface area contributed by atoms with E-state index in [1.54, 1.807) is 29.2 Å². The molecule has 0 fully saturated rings. The third kappa shape index (κ3) is 2.56. The summed E-state index contributed by atoms with van der Waals surface area (Å²) in [6.45, 7) is 0. The summed E-state index contributed by atoms with van der Waals surface area (Å²) in [4.78, 5) is 8.17. The number of hydrogen-bond donors (Lipinski definition) is 2. The lowest BCUT2D eigenvalue weighted by molar-refractivity contribution is 0.541. The van der Waals surface area contributed by atoms with Crippen molar-refractivity contribution in [3.63, 3.8) is 0 Å². The van der Waals surface area contributed by atoms with Gasteiger partial charge in [0.1, 0.15) is 0 Å². The molecular formula is C10H11ClN4S. The summed E-state index contributed by atoms with van der Waals surface area (Å²) in [6, 6.07) is 1.87. The Kier molecular flexibility index (Phi) is 3.84. The smallest absolute Gasteiger partial charge is 0.0795 e. The van der Waals surface area contributed by atoms with Crippen LogP contribution in [0, 0.1) is 0 Å². The molecule has 2 heterocycles. The van der Waals surface area contributed by atoms with Crippen LogP contribution in [0.1, 0.15) is 17.3 Å². The highest BCUT2D eigenvalue weighted by atomic mass is 35.5. The van der Waals surface area contributed by atoms with Crippen LogP contribution >= 0.6 is 22.9 Å². The first-order chi connectivity index (χ1) is 7.81. The second-order valence-corrected chi connectivity index (χ2v) is 4.43. The monoisotopic (exact) mass is 254 g/mol. The quantitative estimate of drug-likeness (QED) is 0.647. The fraction of sp³-hybridized carbons (Fsp3) is 0.200. The largest absolute Gasteiger partial charge is 0.271 e. The molecule has 1 atom stereocenters. The molecule has 0 aliphatic carbocycles. The lowest BCUT2D eigenvalue weighted by atomic mass is 10.1. The van der Waals surface area contributed by atoms with Gasteiger partial charge >= 0.3 is 0 Å². The molecule has 0 aromatic carbocycles. The molecule has 0 aliphatic rings. The van der Waals surface area contributed by atoms with Crippen molar-refractivity contribution in [2.75, 3.05) is 0 Å². The number of hydrazine groups is 1. The van der Waals surface area contributed by atoms with Crippen LogP contribution in [-0.2, 0) is 6.42 Å². The summed E-state index contributed by atoms with van der Waals surface area (Å²) in [7, 11) is 0. The summed E-state index contributed by atoms with van der Waals surface area (Å²) < 4.78 is 0. The van der Waals surface area contributed by atoms with Crippen molar-refractivity contribution in [1.82, 2.24) is 15.4 Å². The summed E-state index contributed by atoms with van der Waals surface area (Å²) in [5, 5.41) is 2.62. The number of thiazole rings is 1. The molecule has 0 saturated heterocycles. The molecular weight excluding hydrogens is 244 g/mol. The molecule has 4 nitrogen and oxygen atoms in total. The van der Waals surface area contributed by atoms with E-state index < -0.39 is 0 Å². The minimum atomic E-state index is -0.0221. The number of hydrogen-bond acceptors (Lipinski definition) is 5. The maximum atomic E-state index is 6.04. The molecule has 0 saturated carbocycles. The van der Waals surface area contributed by atoms with Gasteiger partial charge in [0.05, 0.1) is 22.3 Å². The lowest BCUT2D eigenvalue weighted by Crippen LogP contribution is -2.29. The van der Waals surface area contributed by atoms with E-state index in [1.165, 1.54) is 0 Å². The lowest BCUT2D eigenvalue weighted by Gasteiger charge is -2.14. The standard InChI is InChI=1S/C10H11ClN4S/c11-8-4-13-2-1-7(8)3-9(15-12)10-5-16-6-14-10/h1-2,4-6,9,15H,3,12H2. The maximum Gasteiger partial charge on any atom is 0.0795 e. The van der Waals surface area contributed by atoms with Crippen molar-refractivity contribution in [1.29, 1.82) is 0 Å². The van der Waals surface area contributed by atoms with Crippen LogP contribution in [0.2, 0.25) is 5.02 Å². The second-order valence-electron chi connectivity index (χ2n) is 3.30. The molecule has 1 unspecified atom stereocenters. The van der Waals surface area contributed by atoms with Crippen LogP contribution in [0.5, 0.6) is 0 Å². The van der Waals surface area contributed by atoms with E-state index in [4.69, 9.17) is 17.4 Å². The summed E-state index contributed by atoms with van der Waals surface area (Å²) in [5.41, 5.74) is 6.47. The predicted molar refractivity (Wildman–Crippen MR) is 65.1 cm³/mol. The molecule has 0 bridgehead atoms. The van der Waals surface area contributed by atoms with Crippen LogP contribution < -0.4 is 11.3 Å². The predicted octanol–water partition coefficient (Wildman–Crippen LogP) is 1.94. The van der Waals surface area contributed by atoms with Crippen LogP contribution in [0.4, 0.5) is 0 Å². The second kappa shape index (κ2) is 5.36. The molecule has 84 valence electrons. The fourth-order valence-corrected chi connectivity index (χ4v) is 2.24. The minimum absolute atomic E-state index is 0.0221. The topological polar surface area (TPSA) is 63.8 Å². The zero-order valence-corrected chi connectivity index (χ0v) is 10.0. The number of nitrogens with two attached hydrogens (primary N) is 1. The number of pyridine rings is 1. The van der Waals surface area contributed by atoms with E-state index in [9.17, 15) is 0 Å². The van der Waals surface area contributed by atoms with Gasteiger partial charge in [0.15, 0.2) is 0 Å². The van der Waals surface area contributed by atoms with Gasteiger partial charge in [-0.1, -0.05) is 11.6 Å². The van der Waals surface area contributed by atoms with Crippen LogP contribution in [0.15, 0.2) is 29.4 Å². The van der Waals surface area contributed by atoms with Gasteiger partial charge in [-0.25, -0.2) is 4.98 Å². The Balaban J connectivity index is 2.17. The molecule has 6 heteroatoms. The zero-order chi connectivity index (χ0) is 11.4. The number of aromatic nitrogens is 2. The summed E-state index contributed by atoms with van der Waals surface area (Å²) in [5.74, 6) is 5.52. The first kappa shape index (κ1) is 11.5. The van der Waals surface area contributed by atoms with E-state index in [0.717, 1.165) is 11.3 Å². The SMILES string of the molecule is NNC(Cc1ccncc1Cl)c1cscn1. The average Bonchev–Trinajstić information content (AvgIpc) is 2.81. The van der Waals surface area contributed by atoms with Gasteiger partial charge in [-0.3, -0.25) is 16.3 Å². The number of nitrogens with zero attached hydrogens (tertiary/aromatic N) is 2. The summed E-state index contributed by atoms with van der Waals surface area (Å²) in [6.07, 6.45) is 4.04.